The number of esters is 2. The van der Waals surface area contributed by atoms with Crippen LogP contribution in [0.25, 0.3) is 0 Å². The van der Waals surface area contributed by atoms with E-state index in [1.807, 2.05) is 0 Å². The van der Waals surface area contributed by atoms with E-state index in [9.17, 15) is 19.0 Å². The van der Waals surface area contributed by atoms with E-state index in [4.69, 9.17) is 24.3 Å². The van der Waals surface area contributed by atoms with Crippen LogP contribution < -0.4 is 5.73 Å². The number of hydrogen-bond donors (Lipinski definition) is 2. The molecule has 500 valence electrons. The van der Waals surface area contributed by atoms with Gasteiger partial charge in [0.25, 0.3) is 0 Å². The molecule has 9 nitrogen and oxygen atoms in total. The molecule has 0 aliphatic rings. The highest BCUT2D eigenvalue weighted by molar-refractivity contribution is 7.47. The van der Waals surface area contributed by atoms with Gasteiger partial charge in [-0.05, 0) is 141 Å². The van der Waals surface area contributed by atoms with Crippen molar-refractivity contribution in [2.45, 2.75) is 264 Å². The van der Waals surface area contributed by atoms with Gasteiger partial charge < -0.3 is 20.1 Å². The van der Waals surface area contributed by atoms with Crippen LogP contribution >= 0.6 is 7.82 Å². The van der Waals surface area contributed by atoms with Crippen LogP contribution in [0.3, 0.4) is 0 Å². The lowest BCUT2D eigenvalue weighted by atomic mass is 10.0. The average Bonchev–Trinajstić information content (AvgIpc) is 3.68. The molecular formula is C79H126NO8P. The largest absolute Gasteiger partial charge is 0.472 e. The summed E-state index contributed by atoms with van der Waals surface area (Å²) in [6, 6.07) is 0. The molecule has 0 saturated carbocycles. The van der Waals surface area contributed by atoms with Gasteiger partial charge in [-0.25, -0.2) is 4.57 Å². The fourth-order valence-electron chi connectivity index (χ4n) is 8.90. The first-order valence-electron chi connectivity index (χ1n) is 34.9. The molecule has 89 heavy (non-hydrogen) atoms. The van der Waals surface area contributed by atoms with Gasteiger partial charge in [0.05, 0.1) is 13.2 Å². The van der Waals surface area contributed by atoms with Crippen LogP contribution in [0.2, 0.25) is 0 Å². The fourth-order valence-corrected chi connectivity index (χ4v) is 9.67. The van der Waals surface area contributed by atoms with E-state index in [0.29, 0.717) is 6.42 Å². The van der Waals surface area contributed by atoms with Gasteiger partial charge in [-0.15, -0.1) is 0 Å². The zero-order valence-corrected chi connectivity index (χ0v) is 57.0. The first-order valence-corrected chi connectivity index (χ1v) is 36.4. The smallest absolute Gasteiger partial charge is 0.462 e. The van der Waals surface area contributed by atoms with Gasteiger partial charge in [-0.1, -0.05) is 298 Å². The Morgan fingerprint density at radius 3 is 0.876 bits per heavy atom. The van der Waals surface area contributed by atoms with Crippen LogP contribution in [0.15, 0.2) is 194 Å². The highest BCUT2D eigenvalue weighted by atomic mass is 31.2. The van der Waals surface area contributed by atoms with Crippen molar-refractivity contribution in [2.24, 2.45) is 5.73 Å². The Labute approximate surface area is 545 Å². The SMILES string of the molecule is CC/C=C\C/C=C\C/C=C\C/C=C\C/C=C\C/C=C\C/C=C\C/C=C\C/C=C\C/C=C\C/C=C\CCCCCC(=O)OC(COC(=O)CCCCCCCCCCCCCCCCC/C=C\C/C=C\C/C=C\C/C=C\C/C=C\CC)COP(=O)(O)OCCN. The van der Waals surface area contributed by atoms with Crippen molar-refractivity contribution < 1.29 is 37.6 Å². The summed E-state index contributed by atoms with van der Waals surface area (Å²) in [5, 5.41) is 0. The molecule has 2 atom stereocenters. The minimum Gasteiger partial charge on any atom is -0.462 e. The first-order chi connectivity index (χ1) is 43.8. The molecule has 0 aromatic heterocycles. The number of phosphoric ester groups is 1. The number of unbranched alkanes of at least 4 members (excludes halogenated alkanes) is 18. The Morgan fingerprint density at radius 2 is 0.584 bits per heavy atom. The summed E-state index contributed by atoms with van der Waals surface area (Å²) < 4.78 is 33.1. The summed E-state index contributed by atoms with van der Waals surface area (Å²) in [4.78, 5) is 35.4. The zero-order valence-electron chi connectivity index (χ0n) is 56.1. The second-order valence-electron chi connectivity index (χ2n) is 22.3. The number of allylic oxidation sites excluding steroid dienone is 32. The molecule has 0 radical (unpaired) electrons. The Hall–Kier alpha value is -5.15. The molecule has 2 unspecified atom stereocenters. The van der Waals surface area contributed by atoms with E-state index in [1.165, 1.54) is 77.0 Å². The van der Waals surface area contributed by atoms with Crippen molar-refractivity contribution >= 4 is 19.8 Å². The van der Waals surface area contributed by atoms with Gasteiger partial charge in [0, 0.05) is 19.4 Å². The normalized spacial score (nSPS) is 14.2. The van der Waals surface area contributed by atoms with Gasteiger partial charge in [-0.3, -0.25) is 18.6 Å². The average molecular weight is 1250 g/mol. The number of hydrogen-bond acceptors (Lipinski definition) is 8. The molecule has 0 bridgehead atoms. The van der Waals surface area contributed by atoms with Crippen molar-refractivity contribution in [2.75, 3.05) is 26.4 Å². The summed E-state index contributed by atoms with van der Waals surface area (Å²) in [6.07, 6.45) is 109. The molecule has 0 aromatic rings. The van der Waals surface area contributed by atoms with Crippen molar-refractivity contribution in [1.82, 2.24) is 0 Å². The second kappa shape index (κ2) is 71.9. The molecule has 0 rings (SSSR count). The topological polar surface area (TPSA) is 134 Å². The highest BCUT2D eigenvalue weighted by Crippen LogP contribution is 2.43. The summed E-state index contributed by atoms with van der Waals surface area (Å²) in [7, 11) is -4.42. The van der Waals surface area contributed by atoms with Crippen molar-refractivity contribution in [3.63, 3.8) is 0 Å². The van der Waals surface area contributed by atoms with E-state index in [0.717, 1.165) is 148 Å². The maximum absolute atomic E-state index is 12.8. The quantitative estimate of drug-likeness (QED) is 0.0264. The van der Waals surface area contributed by atoms with Crippen LogP contribution in [0.1, 0.15) is 258 Å². The predicted molar refractivity (Wildman–Crippen MR) is 385 cm³/mol. The number of nitrogens with two attached hydrogens (primary N) is 1. The molecule has 0 fully saturated rings. The third-order valence-electron chi connectivity index (χ3n) is 14.0. The molecule has 0 spiro atoms. The van der Waals surface area contributed by atoms with E-state index < -0.39 is 32.5 Å². The van der Waals surface area contributed by atoms with E-state index in [1.54, 1.807) is 0 Å². The molecule has 10 heteroatoms. The van der Waals surface area contributed by atoms with Gasteiger partial charge in [0.15, 0.2) is 6.10 Å². The third-order valence-corrected chi connectivity index (χ3v) is 15.0. The minimum absolute atomic E-state index is 0.0379. The molecule has 0 saturated heterocycles. The standard InChI is InChI=1S/C79H126NO8P/c1-3-5-7-9-11-13-15-17-19-21-23-25-27-29-31-33-35-36-37-38-39-40-42-44-46-48-50-52-54-56-58-60-62-64-66-68-70-72-79(82)88-77(76-87-89(83,84)86-74-73-80)75-85-78(81)71-69-67-65-63-61-59-57-55-53-51-49-47-45-43-41-34-32-30-28-26-24-22-20-18-16-14-12-10-8-6-4-2/h5-8,11-14,17-20,23-26,29-32,35-36,38-39,42,44,48,50,54,56,60,62,77H,3-4,9-10,15-16,21-22,27-28,33-34,37,40-41,43,45-47,49,51-53,55,57-59,61,63-76,80H2,1-2H3,(H,83,84)/b7-5-,8-6-,13-11-,14-12-,19-17-,20-18-,25-23-,26-24-,31-29-,32-30-,36-35-,39-38-,44-42-,50-48-,56-54-,62-60-. The number of ether oxygens (including phenoxy) is 2. The van der Waals surface area contributed by atoms with Crippen LogP contribution in [0, 0.1) is 0 Å². The maximum Gasteiger partial charge on any atom is 0.472 e. The van der Waals surface area contributed by atoms with Crippen LogP contribution in [0.4, 0.5) is 0 Å². The summed E-state index contributed by atoms with van der Waals surface area (Å²) in [6.45, 7) is 3.46. The Bertz CT molecular complexity index is 2160. The molecule has 3 N–H and O–H groups in total. The second-order valence-corrected chi connectivity index (χ2v) is 23.7. The molecule has 0 aliphatic heterocycles. The number of phosphoric acid groups is 1. The summed E-state index contributed by atoms with van der Waals surface area (Å²) in [5.41, 5.74) is 5.40. The lowest BCUT2D eigenvalue weighted by Crippen LogP contribution is -2.29. The van der Waals surface area contributed by atoms with Gasteiger partial charge in [0.2, 0.25) is 0 Å². The van der Waals surface area contributed by atoms with Crippen molar-refractivity contribution in [1.29, 1.82) is 0 Å². The van der Waals surface area contributed by atoms with Crippen LogP contribution in [-0.2, 0) is 32.7 Å². The van der Waals surface area contributed by atoms with Gasteiger partial charge in [-0.2, -0.15) is 0 Å². The lowest BCUT2D eigenvalue weighted by Gasteiger charge is -2.19. The first kappa shape index (κ1) is 83.8. The predicted octanol–water partition coefficient (Wildman–Crippen LogP) is 23.3. The lowest BCUT2D eigenvalue weighted by molar-refractivity contribution is -0.161. The number of carbonyl (C=O) groups is 2. The zero-order chi connectivity index (χ0) is 64.4. The van der Waals surface area contributed by atoms with Gasteiger partial charge in [0.1, 0.15) is 6.61 Å². The third kappa shape index (κ3) is 71.8. The van der Waals surface area contributed by atoms with E-state index in [-0.39, 0.29) is 32.6 Å². The monoisotopic (exact) mass is 1250 g/mol. The molecular weight excluding hydrogens is 1120 g/mol. The van der Waals surface area contributed by atoms with Gasteiger partial charge >= 0.3 is 19.8 Å². The molecule has 0 heterocycles. The van der Waals surface area contributed by atoms with Crippen LogP contribution in [0.5, 0.6) is 0 Å². The molecule has 0 aromatic carbocycles. The summed E-state index contributed by atoms with van der Waals surface area (Å²) in [5.74, 6) is -0.877. The van der Waals surface area contributed by atoms with Crippen molar-refractivity contribution in [3.05, 3.63) is 194 Å². The molecule has 0 aliphatic carbocycles. The van der Waals surface area contributed by atoms with Crippen LogP contribution in [-0.4, -0.2) is 49.3 Å². The Kier molecular flexibility index (Phi) is 67.8. The Morgan fingerprint density at radius 1 is 0.337 bits per heavy atom. The number of carbonyl (C=O) groups excluding carboxylic acids is 2. The molecule has 0 amide bonds. The maximum atomic E-state index is 12.8. The fraction of sp³-hybridized carbons (Fsp3) is 0.570. The van der Waals surface area contributed by atoms with E-state index >= 15 is 0 Å². The van der Waals surface area contributed by atoms with E-state index in [2.05, 4.69) is 208 Å². The number of rotatable bonds is 63. The van der Waals surface area contributed by atoms with Crippen molar-refractivity contribution in [3.8, 4) is 0 Å². The minimum atomic E-state index is -4.42. The highest BCUT2D eigenvalue weighted by Gasteiger charge is 2.26. The summed E-state index contributed by atoms with van der Waals surface area (Å²) >= 11 is 0. The Balaban J connectivity index is 4.03.